The normalized spacial score (nSPS) is 21.6. The summed E-state index contributed by atoms with van der Waals surface area (Å²) in [7, 11) is 3.27. The van der Waals surface area contributed by atoms with Crippen LogP contribution in [0.15, 0.2) is 12.1 Å². The molecule has 7 heteroatoms. The molecule has 1 aromatic rings. The Bertz CT molecular complexity index is 677. The Morgan fingerprint density at radius 2 is 1.58 bits per heavy atom. The van der Waals surface area contributed by atoms with Crippen molar-refractivity contribution in [2.75, 3.05) is 47.1 Å². The Balaban J connectivity index is 1.43. The zero-order valence-electron chi connectivity index (χ0n) is 15.5. The van der Waals surface area contributed by atoms with Gasteiger partial charge in [-0.3, -0.25) is 0 Å². The van der Waals surface area contributed by atoms with Crippen LogP contribution in [0, 0.1) is 0 Å². The van der Waals surface area contributed by atoms with Gasteiger partial charge in [-0.25, -0.2) is 4.79 Å². The summed E-state index contributed by atoms with van der Waals surface area (Å²) in [4.78, 5) is 16.8. The number of amides is 2. The van der Waals surface area contributed by atoms with E-state index in [1.54, 1.807) is 14.2 Å². The lowest BCUT2D eigenvalue weighted by molar-refractivity contribution is -0.181. The number of carbonyl (C=O) groups is 1. The number of rotatable bonds is 2. The molecule has 3 aliphatic rings. The van der Waals surface area contributed by atoms with E-state index < -0.39 is 5.79 Å². The summed E-state index contributed by atoms with van der Waals surface area (Å²) in [5.41, 5.74) is 2.34. The molecule has 3 heterocycles. The highest BCUT2D eigenvalue weighted by Crippen LogP contribution is 2.35. The van der Waals surface area contributed by atoms with Crippen LogP contribution in [0.2, 0.25) is 0 Å². The van der Waals surface area contributed by atoms with E-state index in [1.807, 2.05) is 21.9 Å². The largest absolute Gasteiger partial charge is 0.493 e. The molecule has 0 saturated carbocycles. The number of methoxy groups -OCH3 is 2. The number of ether oxygens (including phenoxy) is 4. The minimum absolute atomic E-state index is 0.0956. The van der Waals surface area contributed by atoms with Crippen LogP contribution in [0.3, 0.4) is 0 Å². The van der Waals surface area contributed by atoms with Gasteiger partial charge in [-0.1, -0.05) is 0 Å². The van der Waals surface area contributed by atoms with E-state index >= 15 is 0 Å². The maximum absolute atomic E-state index is 13.0. The number of nitrogens with zero attached hydrogens (tertiary/aromatic N) is 2. The van der Waals surface area contributed by atoms with Crippen molar-refractivity contribution in [2.45, 2.75) is 31.6 Å². The molecular formula is C19H26N2O5. The molecule has 0 aliphatic carbocycles. The Morgan fingerprint density at radius 1 is 0.962 bits per heavy atom. The molecule has 1 spiro atoms. The second-order valence-corrected chi connectivity index (χ2v) is 7.02. The summed E-state index contributed by atoms with van der Waals surface area (Å²) in [6, 6.07) is 4.10. The van der Waals surface area contributed by atoms with Crippen LogP contribution >= 0.6 is 0 Å². The van der Waals surface area contributed by atoms with E-state index in [0.29, 0.717) is 38.6 Å². The molecule has 142 valence electrons. The van der Waals surface area contributed by atoms with Gasteiger partial charge in [0, 0.05) is 39.0 Å². The number of piperidine rings is 1. The average molecular weight is 362 g/mol. The quantitative estimate of drug-likeness (QED) is 0.806. The first-order valence-electron chi connectivity index (χ1n) is 9.20. The van der Waals surface area contributed by atoms with Crippen LogP contribution in [0.4, 0.5) is 4.79 Å². The topological polar surface area (TPSA) is 60.5 Å². The van der Waals surface area contributed by atoms with Crippen molar-refractivity contribution in [3.8, 4) is 11.5 Å². The molecule has 1 aromatic carbocycles. The highest BCUT2D eigenvalue weighted by atomic mass is 16.7. The van der Waals surface area contributed by atoms with Gasteiger partial charge in [0.05, 0.1) is 27.4 Å². The Kier molecular flexibility index (Phi) is 4.67. The van der Waals surface area contributed by atoms with Gasteiger partial charge in [0.25, 0.3) is 0 Å². The SMILES string of the molecule is COc1cc2c(cc1OC)CN(C(=O)N1CCC3(CC1)OCCO3)CC2. The molecule has 0 bridgehead atoms. The Labute approximate surface area is 153 Å². The van der Waals surface area contributed by atoms with Crippen LogP contribution < -0.4 is 9.47 Å². The first-order chi connectivity index (χ1) is 12.6. The van der Waals surface area contributed by atoms with Crippen LogP contribution in [-0.2, 0) is 22.4 Å². The average Bonchev–Trinajstić information content (AvgIpc) is 3.14. The number of carbonyl (C=O) groups excluding carboxylic acids is 1. The number of hydrogen-bond donors (Lipinski definition) is 0. The van der Waals surface area contributed by atoms with Crippen molar-refractivity contribution in [3.63, 3.8) is 0 Å². The molecule has 0 aromatic heterocycles. The third kappa shape index (κ3) is 3.10. The van der Waals surface area contributed by atoms with Gasteiger partial charge in [-0.2, -0.15) is 0 Å². The van der Waals surface area contributed by atoms with E-state index in [4.69, 9.17) is 18.9 Å². The first-order valence-corrected chi connectivity index (χ1v) is 9.20. The van der Waals surface area contributed by atoms with Crippen LogP contribution in [0.1, 0.15) is 24.0 Å². The maximum Gasteiger partial charge on any atom is 0.320 e. The molecular weight excluding hydrogens is 336 g/mol. The van der Waals surface area contributed by atoms with Gasteiger partial charge in [-0.05, 0) is 29.7 Å². The number of urea groups is 1. The summed E-state index contributed by atoms with van der Waals surface area (Å²) in [5, 5.41) is 0. The molecule has 2 saturated heterocycles. The third-order valence-corrected chi connectivity index (χ3v) is 5.60. The van der Waals surface area contributed by atoms with Gasteiger partial charge >= 0.3 is 6.03 Å². The van der Waals surface area contributed by atoms with E-state index in [9.17, 15) is 4.79 Å². The number of fused-ring (bicyclic) bond motifs is 1. The fourth-order valence-electron chi connectivity index (χ4n) is 4.07. The van der Waals surface area contributed by atoms with Crippen LogP contribution in [0.5, 0.6) is 11.5 Å². The standard InChI is InChI=1S/C19H26N2O5/c1-23-16-11-14-3-6-21(13-15(14)12-17(16)24-2)18(22)20-7-4-19(5-8-20)25-9-10-26-19/h11-12H,3-10,13H2,1-2H3. The van der Waals surface area contributed by atoms with Gasteiger partial charge in [-0.15, -0.1) is 0 Å². The summed E-state index contributed by atoms with van der Waals surface area (Å²) < 4.78 is 22.3. The second kappa shape index (κ2) is 6.96. The third-order valence-electron chi connectivity index (χ3n) is 5.60. The maximum atomic E-state index is 13.0. The minimum Gasteiger partial charge on any atom is -0.493 e. The fraction of sp³-hybridized carbons (Fsp3) is 0.632. The van der Waals surface area contributed by atoms with E-state index in [0.717, 1.165) is 37.1 Å². The lowest BCUT2D eigenvalue weighted by Gasteiger charge is -2.40. The lowest BCUT2D eigenvalue weighted by atomic mass is 9.98. The number of hydrogen-bond acceptors (Lipinski definition) is 5. The molecule has 0 unspecified atom stereocenters. The molecule has 2 fully saturated rings. The minimum atomic E-state index is -0.449. The van der Waals surface area contributed by atoms with Gasteiger partial charge in [0.15, 0.2) is 17.3 Å². The smallest absolute Gasteiger partial charge is 0.320 e. The van der Waals surface area contributed by atoms with Gasteiger partial charge < -0.3 is 28.7 Å². The second-order valence-electron chi connectivity index (χ2n) is 7.02. The Hall–Kier alpha value is -1.99. The summed E-state index contributed by atoms with van der Waals surface area (Å²) >= 11 is 0. The molecule has 3 aliphatic heterocycles. The Morgan fingerprint density at radius 3 is 2.19 bits per heavy atom. The van der Waals surface area contributed by atoms with Crippen molar-refractivity contribution >= 4 is 6.03 Å². The predicted octanol–water partition coefficient (Wildman–Crippen LogP) is 2.02. The molecule has 2 amide bonds. The zero-order valence-corrected chi connectivity index (χ0v) is 15.5. The van der Waals surface area contributed by atoms with E-state index in [1.165, 1.54) is 5.56 Å². The highest BCUT2D eigenvalue weighted by molar-refractivity contribution is 5.75. The molecule has 7 nitrogen and oxygen atoms in total. The van der Waals surface area contributed by atoms with Crippen LogP contribution in [0.25, 0.3) is 0 Å². The first kappa shape index (κ1) is 17.4. The van der Waals surface area contributed by atoms with Crippen molar-refractivity contribution in [2.24, 2.45) is 0 Å². The van der Waals surface area contributed by atoms with Crippen molar-refractivity contribution in [1.82, 2.24) is 9.80 Å². The summed E-state index contributed by atoms with van der Waals surface area (Å²) in [6.07, 6.45) is 2.31. The van der Waals surface area contributed by atoms with Crippen molar-refractivity contribution < 1.29 is 23.7 Å². The number of benzene rings is 1. The fourth-order valence-corrected chi connectivity index (χ4v) is 4.07. The predicted molar refractivity (Wildman–Crippen MR) is 94.5 cm³/mol. The summed E-state index contributed by atoms with van der Waals surface area (Å²) in [6.45, 7) is 3.98. The zero-order chi connectivity index (χ0) is 18.1. The molecule has 0 atom stereocenters. The van der Waals surface area contributed by atoms with Crippen LogP contribution in [-0.4, -0.2) is 68.7 Å². The highest BCUT2D eigenvalue weighted by Gasteiger charge is 2.41. The molecule has 26 heavy (non-hydrogen) atoms. The van der Waals surface area contributed by atoms with Gasteiger partial charge in [0.1, 0.15) is 0 Å². The van der Waals surface area contributed by atoms with E-state index in [2.05, 4.69) is 0 Å². The van der Waals surface area contributed by atoms with Gasteiger partial charge in [0.2, 0.25) is 0 Å². The van der Waals surface area contributed by atoms with Crippen molar-refractivity contribution in [1.29, 1.82) is 0 Å². The summed E-state index contributed by atoms with van der Waals surface area (Å²) in [5.74, 6) is 0.995. The molecule has 0 N–H and O–H groups in total. The monoisotopic (exact) mass is 362 g/mol. The molecule has 4 rings (SSSR count). The van der Waals surface area contributed by atoms with Crippen molar-refractivity contribution in [3.05, 3.63) is 23.3 Å². The number of likely N-dealkylation sites (tertiary alicyclic amines) is 1. The lowest BCUT2D eigenvalue weighted by Crippen LogP contribution is -2.52. The molecule has 0 radical (unpaired) electrons. The van der Waals surface area contributed by atoms with E-state index in [-0.39, 0.29) is 6.03 Å².